The third-order valence-corrected chi connectivity index (χ3v) is 4.06. The van der Waals surface area contributed by atoms with Crippen molar-refractivity contribution in [3.63, 3.8) is 0 Å². The van der Waals surface area contributed by atoms with Gasteiger partial charge in [-0.1, -0.05) is 32.5 Å². The fourth-order valence-electron chi connectivity index (χ4n) is 2.74. The number of piperazine rings is 1. The van der Waals surface area contributed by atoms with E-state index in [1.54, 1.807) is 0 Å². The van der Waals surface area contributed by atoms with Crippen molar-refractivity contribution >= 4 is 23.2 Å². The van der Waals surface area contributed by atoms with Gasteiger partial charge in [0, 0.05) is 26.2 Å². The molecule has 1 fully saturated rings. The lowest BCUT2D eigenvalue weighted by molar-refractivity contribution is -0.144. The Morgan fingerprint density at radius 1 is 1.21 bits per heavy atom. The Hall–Kier alpha value is -0.720. The molecule has 1 aliphatic rings. The summed E-state index contributed by atoms with van der Waals surface area (Å²) in [6.45, 7) is 7.32. The average Bonchev–Trinajstić information content (AvgIpc) is 2.37. The second kappa shape index (κ2) is 7.77. The zero-order valence-corrected chi connectivity index (χ0v) is 12.7. The number of hydrogen-bond acceptors (Lipinski definition) is 4. The minimum atomic E-state index is -0.711. The molecule has 0 bridgehead atoms. The first-order valence-electron chi connectivity index (χ1n) is 7.01. The van der Waals surface area contributed by atoms with E-state index in [4.69, 9.17) is 18.0 Å². The van der Waals surface area contributed by atoms with Crippen LogP contribution < -0.4 is 5.73 Å². The van der Waals surface area contributed by atoms with Gasteiger partial charge in [-0.3, -0.25) is 14.6 Å². The van der Waals surface area contributed by atoms with Crippen molar-refractivity contribution in [3.05, 3.63) is 0 Å². The average molecular weight is 287 g/mol. The molecule has 2 atom stereocenters. The van der Waals surface area contributed by atoms with Gasteiger partial charge >= 0.3 is 5.97 Å². The maximum Gasteiger partial charge on any atom is 0.320 e. The Morgan fingerprint density at radius 3 is 2.00 bits per heavy atom. The number of nitrogens with two attached hydrogens (primary N) is 1. The summed E-state index contributed by atoms with van der Waals surface area (Å²) in [4.78, 5) is 16.1. The summed E-state index contributed by atoms with van der Waals surface area (Å²) in [5, 5.41) is 9.27. The Labute approximate surface area is 120 Å². The van der Waals surface area contributed by atoms with Crippen LogP contribution in [0.3, 0.4) is 0 Å². The largest absolute Gasteiger partial charge is 0.480 e. The second-order valence-corrected chi connectivity index (χ2v) is 5.51. The quantitative estimate of drug-likeness (QED) is 0.679. The van der Waals surface area contributed by atoms with Crippen LogP contribution in [-0.4, -0.2) is 64.1 Å². The van der Waals surface area contributed by atoms with Gasteiger partial charge in [-0.15, -0.1) is 0 Å². The van der Waals surface area contributed by atoms with E-state index in [-0.39, 0.29) is 12.1 Å². The van der Waals surface area contributed by atoms with Crippen molar-refractivity contribution in [2.24, 2.45) is 5.73 Å². The van der Waals surface area contributed by atoms with Crippen molar-refractivity contribution < 1.29 is 9.90 Å². The molecule has 6 heteroatoms. The molecule has 0 saturated carbocycles. The summed E-state index contributed by atoms with van der Waals surface area (Å²) in [6.07, 6.45) is 2.51. The molecule has 0 aromatic rings. The SMILES string of the molecule is CCCC(C(=O)O)N1CCN(C(CC)C(N)=S)CC1. The van der Waals surface area contributed by atoms with Gasteiger partial charge in [0.1, 0.15) is 6.04 Å². The van der Waals surface area contributed by atoms with Crippen LogP contribution in [0.4, 0.5) is 0 Å². The molecule has 5 nitrogen and oxygen atoms in total. The zero-order chi connectivity index (χ0) is 14.4. The number of hydrogen-bond donors (Lipinski definition) is 2. The van der Waals surface area contributed by atoms with E-state index in [1.807, 2.05) is 6.92 Å². The summed E-state index contributed by atoms with van der Waals surface area (Å²) in [5.74, 6) is -0.711. The van der Waals surface area contributed by atoms with Crippen LogP contribution in [0.5, 0.6) is 0 Å². The number of carboxylic acid groups (broad SMARTS) is 1. The predicted octanol–water partition coefficient (Wildman–Crippen LogP) is 0.922. The van der Waals surface area contributed by atoms with Gasteiger partial charge in [0.15, 0.2) is 0 Å². The number of carbonyl (C=O) groups is 1. The molecule has 1 heterocycles. The third-order valence-electron chi connectivity index (χ3n) is 3.79. The molecule has 0 aromatic carbocycles. The van der Waals surface area contributed by atoms with Crippen molar-refractivity contribution in [2.45, 2.75) is 45.2 Å². The topological polar surface area (TPSA) is 69.8 Å². The smallest absolute Gasteiger partial charge is 0.320 e. The summed E-state index contributed by atoms with van der Waals surface area (Å²) in [7, 11) is 0. The number of rotatable bonds is 7. The van der Waals surface area contributed by atoms with Gasteiger partial charge in [0.2, 0.25) is 0 Å². The van der Waals surface area contributed by atoms with Crippen LogP contribution in [0.25, 0.3) is 0 Å². The van der Waals surface area contributed by atoms with Crippen LogP contribution in [0, 0.1) is 0 Å². The predicted molar refractivity (Wildman–Crippen MR) is 80.3 cm³/mol. The number of thiocarbonyl (C=S) groups is 1. The molecular weight excluding hydrogens is 262 g/mol. The summed E-state index contributed by atoms with van der Waals surface area (Å²) < 4.78 is 0. The highest BCUT2D eigenvalue weighted by Crippen LogP contribution is 2.14. The highest BCUT2D eigenvalue weighted by molar-refractivity contribution is 7.80. The fourth-order valence-corrected chi connectivity index (χ4v) is 3.05. The van der Waals surface area contributed by atoms with Gasteiger partial charge in [0.05, 0.1) is 11.0 Å². The molecule has 2 unspecified atom stereocenters. The first-order valence-corrected chi connectivity index (χ1v) is 7.42. The maximum atomic E-state index is 11.3. The lowest BCUT2D eigenvalue weighted by Gasteiger charge is -2.40. The number of aliphatic carboxylic acids is 1. The lowest BCUT2D eigenvalue weighted by Crippen LogP contribution is -2.56. The summed E-state index contributed by atoms with van der Waals surface area (Å²) >= 11 is 5.09. The molecule has 1 aliphatic heterocycles. The van der Waals surface area contributed by atoms with Crippen LogP contribution in [0.1, 0.15) is 33.1 Å². The molecule has 0 spiro atoms. The monoisotopic (exact) mass is 287 g/mol. The van der Waals surface area contributed by atoms with Crippen molar-refractivity contribution in [3.8, 4) is 0 Å². The summed E-state index contributed by atoms with van der Waals surface area (Å²) in [5.41, 5.74) is 5.75. The van der Waals surface area contributed by atoms with Crippen LogP contribution in [0.2, 0.25) is 0 Å². The number of carboxylic acids is 1. The van der Waals surface area contributed by atoms with E-state index in [0.29, 0.717) is 11.4 Å². The van der Waals surface area contributed by atoms with E-state index in [2.05, 4.69) is 16.7 Å². The molecule has 0 radical (unpaired) electrons. The molecule has 0 aromatic heterocycles. The first-order chi connectivity index (χ1) is 9.01. The van der Waals surface area contributed by atoms with E-state index < -0.39 is 5.97 Å². The molecule has 19 heavy (non-hydrogen) atoms. The third kappa shape index (κ3) is 4.40. The first kappa shape index (κ1) is 16.3. The minimum absolute atomic E-state index is 0.145. The van der Waals surface area contributed by atoms with E-state index in [1.165, 1.54) is 0 Å². The molecule has 3 N–H and O–H groups in total. The van der Waals surface area contributed by atoms with Crippen molar-refractivity contribution in [1.29, 1.82) is 0 Å². The molecular formula is C13H25N3O2S. The van der Waals surface area contributed by atoms with Crippen LogP contribution >= 0.6 is 12.2 Å². The Kier molecular flexibility index (Phi) is 6.68. The Balaban J connectivity index is 2.56. The molecule has 1 rings (SSSR count). The van der Waals surface area contributed by atoms with Gasteiger partial charge in [-0.25, -0.2) is 0 Å². The summed E-state index contributed by atoms with van der Waals surface area (Å²) in [6, 6.07) is -0.205. The Morgan fingerprint density at radius 2 is 1.68 bits per heavy atom. The van der Waals surface area contributed by atoms with Crippen LogP contribution in [-0.2, 0) is 4.79 Å². The zero-order valence-electron chi connectivity index (χ0n) is 11.8. The van der Waals surface area contributed by atoms with E-state index in [9.17, 15) is 9.90 Å². The van der Waals surface area contributed by atoms with E-state index >= 15 is 0 Å². The second-order valence-electron chi connectivity index (χ2n) is 5.04. The normalized spacial score (nSPS) is 20.9. The molecule has 0 aliphatic carbocycles. The van der Waals surface area contributed by atoms with E-state index in [0.717, 1.165) is 39.0 Å². The van der Waals surface area contributed by atoms with Crippen molar-refractivity contribution in [2.75, 3.05) is 26.2 Å². The van der Waals surface area contributed by atoms with Gasteiger partial charge < -0.3 is 10.8 Å². The van der Waals surface area contributed by atoms with Gasteiger partial charge in [-0.2, -0.15) is 0 Å². The van der Waals surface area contributed by atoms with Gasteiger partial charge in [-0.05, 0) is 12.8 Å². The lowest BCUT2D eigenvalue weighted by atomic mass is 10.1. The molecule has 0 amide bonds. The molecule has 1 saturated heterocycles. The standard InChI is InChI=1S/C13H25N3O2S/c1-3-5-11(13(17)18)16-8-6-15(7-9-16)10(4-2)12(14)19/h10-11H,3-9H2,1-2H3,(H2,14,19)(H,17,18). The molecule has 110 valence electrons. The van der Waals surface area contributed by atoms with Gasteiger partial charge in [0.25, 0.3) is 0 Å². The van der Waals surface area contributed by atoms with Crippen molar-refractivity contribution in [1.82, 2.24) is 9.80 Å². The maximum absolute atomic E-state index is 11.3. The Bertz CT molecular complexity index is 317. The van der Waals surface area contributed by atoms with Crippen LogP contribution in [0.15, 0.2) is 0 Å². The fraction of sp³-hybridized carbons (Fsp3) is 0.846. The highest BCUT2D eigenvalue weighted by atomic mass is 32.1. The highest BCUT2D eigenvalue weighted by Gasteiger charge is 2.30. The minimum Gasteiger partial charge on any atom is -0.480 e. The number of nitrogens with zero attached hydrogens (tertiary/aromatic N) is 2.